The van der Waals surface area contributed by atoms with Crippen LogP contribution in [-0.2, 0) is 25.7 Å². The van der Waals surface area contributed by atoms with Crippen LogP contribution in [0.3, 0.4) is 0 Å². The van der Waals surface area contributed by atoms with Gasteiger partial charge in [-0.2, -0.15) is 5.10 Å². The molecule has 0 saturated heterocycles. The van der Waals surface area contributed by atoms with Crippen molar-refractivity contribution >= 4 is 17.7 Å². The van der Waals surface area contributed by atoms with E-state index in [0.29, 0.717) is 17.0 Å². The van der Waals surface area contributed by atoms with E-state index >= 15 is 0 Å². The number of nitrogens with one attached hydrogen (secondary N) is 1. The number of nitrogens with zero attached hydrogens (tertiary/aromatic N) is 3. The number of alkyl halides is 1. The van der Waals surface area contributed by atoms with Crippen LogP contribution in [0.1, 0.15) is 69.0 Å². The molecule has 10 nitrogen and oxygen atoms in total. The summed E-state index contributed by atoms with van der Waals surface area (Å²) in [7, 11) is 0. The summed E-state index contributed by atoms with van der Waals surface area (Å²) >= 11 is 0. The Morgan fingerprint density at radius 1 is 1.26 bits per heavy atom. The van der Waals surface area contributed by atoms with Crippen LogP contribution in [0.2, 0.25) is 0 Å². The molecule has 1 N–H and O–H groups in total. The van der Waals surface area contributed by atoms with Crippen LogP contribution in [-0.4, -0.2) is 50.9 Å². The highest BCUT2D eigenvalue weighted by Gasteiger charge is 2.30. The van der Waals surface area contributed by atoms with Gasteiger partial charge in [0, 0.05) is 17.3 Å². The highest BCUT2D eigenvalue weighted by atomic mass is 19.1. The maximum atomic E-state index is 13.1. The Balaban J connectivity index is 2.27. The summed E-state index contributed by atoms with van der Waals surface area (Å²) in [6.45, 7) is 8.87. The molecule has 2 atom stereocenters. The molecule has 2 rings (SSSR count). The second-order valence-corrected chi connectivity index (χ2v) is 8.96. The Hall–Kier alpha value is -3.37. The number of hydrogen-bond donors (Lipinski definition) is 1. The number of aromatic nitrogens is 3. The molecule has 0 aliphatic heterocycles. The molecule has 34 heavy (non-hydrogen) atoms. The number of ketones is 1. The second kappa shape index (κ2) is 11.2. The number of Topliss-reactive ketones (excluding diaryl/α,β-unsaturated/α-hetero) is 1. The van der Waals surface area contributed by atoms with E-state index in [1.54, 1.807) is 41.5 Å². The smallest absolute Gasteiger partial charge is 0.308 e. The summed E-state index contributed by atoms with van der Waals surface area (Å²) < 4.78 is 24.6. The molecule has 0 saturated carbocycles. The monoisotopic (exact) mass is 478 g/mol. The van der Waals surface area contributed by atoms with Crippen molar-refractivity contribution in [3.63, 3.8) is 0 Å². The van der Waals surface area contributed by atoms with Crippen LogP contribution in [0, 0.1) is 13.8 Å². The van der Waals surface area contributed by atoms with Crippen molar-refractivity contribution in [3.8, 4) is 0 Å². The van der Waals surface area contributed by atoms with E-state index in [-0.39, 0.29) is 18.5 Å². The van der Waals surface area contributed by atoms with E-state index in [1.165, 1.54) is 16.9 Å². The van der Waals surface area contributed by atoms with Crippen LogP contribution < -0.4 is 10.9 Å². The average molecular weight is 479 g/mol. The number of halogens is 1. The number of amides is 1. The van der Waals surface area contributed by atoms with Gasteiger partial charge in [-0.15, -0.1) is 0 Å². The maximum absolute atomic E-state index is 13.1. The lowest BCUT2D eigenvalue weighted by atomic mass is 9.96. The lowest BCUT2D eigenvalue weighted by Crippen LogP contribution is -2.46. The van der Waals surface area contributed by atoms with Crippen LogP contribution in [0.25, 0.3) is 0 Å². The van der Waals surface area contributed by atoms with E-state index < -0.39 is 53.9 Å². The summed E-state index contributed by atoms with van der Waals surface area (Å²) in [4.78, 5) is 50.4. The summed E-state index contributed by atoms with van der Waals surface area (Å²) in [6, 6.07) is 0.0208. The van der Waals surface area contributed by atoms with Crippen molar-refractivity contribution in [2.24, 2.45) is 0 Å². The molecule has 2 unspecified atom stereocenters. The first kappa shape index (κ1) is 26.9. The molecule has 0 aromatic carbocycles. The quantitative estimate of drug-likeness (QED) is 0.514. The molecule has 11 heteroatoms. The molecule has 0 radical (unpaired) electrons. The Labute approximate surface area is 196 Å². The molecule has 1 amide bonds. The minimum Gasteiger partial charge on any atom is -0.460 e. The van der Waals surface area contributed by atoms with Crippen LogP contribution in [0.5, 0.6) is 0 Å². The minimum absolute atomic E-state index is 0.105. The number of hydrogen-bond acceptors (Lipinski definition) is 8. The van der Waals surface area contributed by atoms with Crippen molar-refractivity contribution in [2.75, 3.05) is 6.67 Å². The van der Waals surface area contributed by atoms with Gasteiger partial charge in [0.1, 0.15) is 24.1 Å². The average Bonchev–Trinajstić information content (AvgIpc) is 3.06. The van der Waals surface area contributed by atoms with Crippen molar-refractivity contribution in [1.82, 2.24) is 20.3 Å². The Morgan fingerprint density at radius 2 is 1.94 bits per heavy atom. The van der Waals surface area contributed by atoms with Gasteiger partial charge in [0.15, 0.2) is 5.78 Å². The fourth-order valence-corrected chi connectivity index (χ4v) is 3.43. The van der Waals surface area contributed by atoms with E-state index in [0.717, 1.165) is 0 Å². The molecule has 2 aromatic heterocycles. The molecule has 0 fully saturated rings. The van der Waals surface area contributed by atoms with Gasteiger partial charge >= 0.3 is 5.97 Å². The normalized spacial score (nSPS) is 13.3. The zero-order chi connectivity index (χ0) is 25.6. The van der Waals surface area contributed by atoms with Gasteiger partial charge in [0.05, 0.1) is 24.6 Å². The third kappa shape index (κ3) is 6.82. The standard InChI is InChI=1S/C23H31FN4O6/c1-7-15(21(31)26-18(19(29)11-24)10-20(30)33-23(4,5)6)16-8-9-25-28(22(16)32)12-17-13(2)27-34-14(17)3/h8-9,15,18H,7,10-12H2,1-6H3,(H,26,31). The topological polar surface area (TPSA) is 133 Å². The molecule has 0 bridgehead atoms. The zero-order valence-corrected chi connectivity index (χ0v) is 20.3. The molecular formula is C23H31FN4O6. The fourth-order valence-electron chi connectivity index (χ4n) is 3.43. The highest BCUT2D eigenvalue weighted by molar-refractivity contribution is 5.94. The van der Waals surface area contributed by atoms with Crippen LogP contribution in [0.15, 0.2) is 21.6 Å². The lowest BCUT2D eigenvalue weighted by Gasteiger charge is -2.23. The molecule has 2 heterocycles. The van der Waals surface area contributed by atoms with Crippen LogP contribution >= 0.6 is 0 Å². The van der Waals surface area contributed by atoms with E-state index in [4.69, 9.17) is 9.26 Å². The summed E-state index contributed by atoms with van der Waals surface area (Å²) in [5, 5.41) is 10.4. The minimum atomic E-state index is -1.41. The molecule has 0 spiro atoms. The second-order valence-electron chi connectivity index (χ2n) is 8.96. The SMILES string of the molecule is CCC(C(=O)NC(CC(=O)OC(C)(C)C)C(=O)CF)c1ccnn(Cc2c(C)noc2C)c1=O. The predicted molar refractivity (Wildman–Crippen MR) is 120 cm³/mol. The van der Waals surface area contributed by atoms with Gasteiger partial charge in [-0.1, -0.05) is 12.1 Å². The number of aryl methyl sites for hydroxylation is 2. The van der Waals surface area contributed by atoms with Crippen LogP contribution in [0.4, 0.5) is 4.39 Å². The Kier molecular flexibility index (Phi) is 8.83. The third-order valence-corrected chi connectivity index (χ3v) is 5.16. The number of carbonyl (C=O) groups is 3. The molecule has 0 aliphatic carbocycles. The highest BCUT2D eigenvalue weighted by Crippen LogP contribution is 2.18. The summed E-state index contributed by atoms with van der Waals surface area (Å²) in [5.41, 5.74) is 0.182. The van der Waals surface area contributed by atoms with Crippen molar-refractivity contribution < 1.29 is 28.0 Å². The number of carbonyl (C=O) groups excluding carboxylic acids is 3. The number of esters is 1. The lowest BCUT2D eigenvalue weighted by molar-refractivity contribution is -0.156. The van der Waals surface area contributed by atoms with Gasteiger partial charge in [-0.3, -0.25) is 19.2 Å². The Bertz CT molecular complexity index is 1080. The van der Waals surface area contributed by atoms with Gasteiger partial charge in [-0.25, -0.2) is 9.07 Å². The molecular weight excluding hydrogens is 447 g/mol. The molecule has 0 aliphatic rings. The third-order valence-electron chi connectivity index (χ3n) is 5.16. The molecule has 186 valence electrons. The first-order valence-corrected chi connectivity index (χ1v) is 11.0. The zero-order valence-electron chi connectivity index (χ0n) is 20.3. The van der Waals surface area contributed by atoms with Gasteiger partial charge in [0.25, 0.3) is 5.56 Å². The van der Waals surface area contributed by atoms with Crippen molar-refractivity contribution in [3.05, 3.63) is 45.2 Å². The molecule has 2 aromatic rings. The van der Waals surface area contributed by atoms with Crippen molar-refractivity contribution in [2.45, 2.75) is 78.5 Å². The largest absolute Gasteiger partial charge is 0.460 e. The van der Waals surface area contributed by atoms with Gasteiger partial charge < -0.3 is 14.6 Å². The maximum Gasteiger partial charge on any atom is 0.308 e. The number of rotatable bonds is 10. The first-order valence-electron chi connectivity index (χ1n) is 11.0. The fraction of sp³-hybridized carbons (Fsp3) is 0.565. The first-order chi connectivity index (χ1) is 15.9. The predicted octanol–water partition coefficient (Wildman–Crippen LogP) is 2.15. The van der Waals surface area contributed by atoms with Gasteiger partial charge in [-0.05, 0) is 47.1 Å². The number of ether oxygens (including phenoxy) is 1. The van der Waals surface area contributed by atoms with E-state index in [9.17, 15) is 23.6 Å². The van der Waals surface area contributed by atoms with Gasteiger partial charge in [0.2, 0.25) is 5.91 Å². The van der Waals surface area contributed by atoms with E-state index in [1.807, 2.05) is 0 Å². The Morgan fingerprint density at radius 3 is 2.47 bits per heavy atom. The summed E-state index contributed by atoms with van der Waals surface area (Å²) in [5.74, 6) is -2.78. The van der Waals surface area contributed by atoms with Crippen molar-refractivity contribution in [1.29, 1.82) is 0 Å². The summed E-state index contributed by atoms with van der Waals surface area (Å²) in [6.07, 6.45) is 1.10. The van der Waals surface area contributed by atoms with E-state index in [2.05, 4.69) is 15.6 Å².